The first-order chi connectivity index (χ1) is 13.7. The Hall–Kier alpha value is -2.97. The van der Waals surface area contributed by atoms with Crippen LogP contribution >= 0.6 is 0 Å². The Kier molecular flexibility index (Phi) is 10.4. The van der Waals surface area contributed by atoms with Gasteiger partial charge in [-0.1, -0.05) is 12.1 Å². The number of amides is 3. The number of nitrogens with one attached hydrogen (secondary N) is 3. The third-order valence-corrected chi connectivity index (χ3v) is 3.30. The molecule has 0 aliphatic rings. The van der Waals surface area contributed by atoms with Crippen molar-refractivity contribution in [3.63, 3.8) is 0 Å². The average Bonchev–Trinajstić information content (AvgIpc) is 2.63. The molecule has 0 aliphatic carbocycles. The van der Waals surface area contributed by atoms with E-state index in [1.54, 1.807) is 39.0 Å². The lowest BCUT2D eigenvalue weighted by Gasteiger charge is -2.19. The molecule has 0 heterocycles. The lowest BCUT2D eigenvalue weighted by molar-refractivity contribution is -0.124. The molecule has 0 radical (unpaired) electrons. The number of rotatable bonds is 11. The van der Waals surface area contributed by atoms with E-state index in [0.29, 0.717) is 18.1 Å². The molecule has 0 saturated carbocycles. The van der Waals surface area contributed by atoms with Crippen LogP contribution in [-0.4, -0.2) is 56.4 Å². The van der Waals surface area contributed by atoms with Crippen LogP contribution in [0.1, 0.15) is 34.1 Å². The van der Waals surface area contributed by atoms with Crippen LogP contribution in [0, 0.1) is 0 Å². The summed E-state index contributed by atoms with van der Waals surface area (Å²) in [6.07, 6.45) is -0.451. The van der Waals surface area contributed by atoms with Crippen LogP contribution in [0.15, 0.2) is 24.3 Å². The molecule has 3 N–H and O–H groups in total. The predicted molar refractivity (Wildman–Crippen MR) is 108 cm³/mol. The molecule has 29 heavy (non-hydrogen) atoms. The van der Waals surface area contributed by atoms with Gasteiger partial charge in [0.1, 0.15) is 5.60 Å². The zero-order valence-electron chi connectivity index (χ0n) is 17.5. The van der Waals surface area contributed by atoms with Crippen LogP contribution in [0.2, 0.25) is 0 Å². The lowest BCUT2D eigenvalue weighted by atomic mass is 10.2. The van der Waals surface area contributed by atoms with Crippen molar-refractivity contribution in [1.29, 1.82) is 0 Å². The average molecular weight is 409 g/mol. The van der Waals surface area contributed by atoms with Crippen molar-refractivity contribution in [2.75, 3.05) is 32.8 Å². The second kappa shape index (κ2) is 12.5. The fourth-order valence-electron chi connectivity index (χ4n) is 2.12. The minimum atomic E-state index is -0.584. The van der Waals surface area contributed by atoms with E-state index in [9.17, 15) is 14.4 Å². The second-order valence-electron chi connectivity index (χ2n) is 7.05. The molecule has 0 atom stereocenters. The summed E-state index contributed by atoms with van der Waals surface area (Å²) >= 11 is 0. The van der Waals surface area contributed by atoms with E-state index in [1.165, 1.54) is 0 Å². The Labute approximate surface area is 171 Å². The number of carbonyl (C=O) groups excluding carboxylic acids is 3. The summed E-state index contributed by atoms with van der Waals surface area (Å²) < 4.78 is 16.0. The van der Waals surface area contributed by atoms with E-state index in [-0.39, 0.29) is 44.5 Å². The molecule has 0 bridgehead atoms. The molecule has 9 heteroatoms. The summed E-state index contributed by atoms with van der Waals surface area (Å²) in [5.74, 6) is 0.527. The fraction of sp³-hybridized carbons (Fsp3) is 0.550. The quantitative estimate of drug-likeness (QED) is 0.479. The van der Waals surface area contributed by atoms with Crippen LogP contribution < -0.4 is 25.4 Å². The molecule has 1 aromatic carbocycles. The van der Waals surface area contributed by atoms with Crippen LogP contribution in [0.5, 0.6) is 11.5 Å². The molecule has 0 fully saturated rings. The lowest BCUT2D eigenvalue weighted by Crippen LogP contribution is -2.38. The normalized spacial score (nSPS) is 10.6. The van der Waals surface area contributed by atoms with E-state index in [1.807, 2.05) is 13.0 Å². The first kappa shape index (κ1) is 24.1. The highest BCUT2D eigenvalue weighted by Gasteiger charge is 2.15. The first-order valence-electron chi connectivity index (χ1n) is 9.56. The summed E-state index contributed by atoms with van der Waals surface area (Å²) in [5.41, 5.74) is -0.584. The monoisotopic (exact) mass is 409 g/mol. The second-order valence-corrected chi connectivity index (χ2v) is 7.05. The summed E-state index contributed by atoms with van der Waals surface area (Å²) in [6.45, 7) is 8.19. The van der Waals surface area contributed by atoms with Gasteiger partial charge in [-0.25, -0.2) is 4.79 Å². The Morgan fingerprint density at radius 3 is 2.03 bits per heavy atom. The highest BCUT2D eigenvalue weighted by molar-refractivity contribution is 5.78. The van der Waals surface area contributed by atoms with E-state index >= 15 is 0 Å². The highest BCUT2D eigenvalue weighted by atomic mass is 16.6. The molecule has 0 unspecified atom stereocenters. The van der Waals surface area contributed by atoms with Gasteiger partial charge in [-0.05, 0) is 39.8 Å². The maximum Gasteiger partial charge on any atom is 0.407 e. The van der Waals surface area contributed by atoms with Crippen molar-refractivity contribution in [1.82, 2.24) is 16.0 Å². The zero-order chi connectivity index (χ0) is 21.7. The summed E-state index contributed by atoms with van der Waals surface area (Å²) in [7, 11) is 0. The number of ether oxygens (including phenoxy) is 3. The van der Waals surface area contributed by atoms with Crippen molar-refractivity contribution in [2.45, 2.75) is 39.7 Å². The maximum absolute atomic E-state index is 11.8. The SMILES string of the molecule is CCOc1ccccc1OCC(=O)NCCNC(=O)CCNC(=O)OC(C)(C)C. The van der Waals surface area contributed by atoms with Gasteiger partial charge in [0, 0.05) is 26.1 Å². The molecule has 1 rings (SSSR count). The first-order valence-corrected chi connectivity index (χ1v) is 9.56. The molecular formula is C20H31N3O6. The smallest absolute Gasteiger partial charge is 0.407 e. The minimum absolute atomic E-state index is 0.116. The van der Waals surface area contributed by atoms with Gasteiger partial charge < -0.3 is 30.2 Å². The molecule has 1 aromatic rings. The third kappa shape index (κ3) is 11.5. The Morgan fingerprint density at radius 1 is 0.862 bits per heavy atom. The number of para-hydroxylation sites is 2. The standard InChI is InChI=1S/C20H31N3O6/c1-5-27-15-8-6-7-9-16(15)28-14-18(25)22-13-12-21-17(24)10-11-23-19(26)29-20(2,3)4/h6-9H,5,10-14H2,1-4H3,(H,21,24)(H,22,25)(H,23,26). The summed E-state index contributed by atoms with van der Waals surface area (Å²) in [5, 5.41) is 7.81. The van der Waals surface area contributed by atoms with Crippen molar-refractivity contribution in [3.8, 4) is 11.5 Å². The molecular weight excluding hydrogens is 378 g/mol. The predicted octanol–water partition coefficient (Wildman–Crippen LogP) is 1.61. The zero-order valence-corrected chi connectivity index (χ0v) is 17.5. The Bertz CT molecular complexity index is 672. The number of hydrogen-bond donors (Lipinski definition) is 3. The van der Waals surface area contributed by atoms with Gasteiger partial charge in [-0.3, -0.25) is 9.59 Å². The molecule has 0 saturated heterocycles. The van der Waals surface area contributed by atoms with Gasteiger partial charge in [0.15, 0.2) is 18.1 Å². The van der Waals surface area contributed by atoms with Crippen molar-refractivity contribution in [2.24, 2.45) is 0 Å². The molecule has 0 aliphatic heterocycles. The largest absolute Gasteiger partial charge is 0.490 e. The molecule has 0 aromatic heterocycles. The van der Waals surface area contributed by atoms with Crippen LogP contribution in [0.25, 0.3) is 0 Å². The number of hydrogen-bond acceptors (Lipinski definition) is 6. The number of benzene rings is 1. The maximum atomic E-state index is 11.8. The van der Waals surface area contributed by atoms with Crippen molar-refractivity contribution >= 4 is 17.9 Å². The van der Waals surface area contributed by atoms with Gasteiger partial charge in [0.25, 0.3) is 5.91 Å². The van der Waals surface area contributed by atoms with Gasteiger partial charge in [0.05, 0.1) is 6.61 Å². The van der Waals surface area contributed by atoms with Gasteiger partial charge in [-0.15, -0.1) is 0 Å². The minimum Gasteiger partial charge on any atom is -0.490 e. The molecule has 162 valence electrons. The Balaban J connectivity index is 2.14. The van der Waals surface area contributed by atoms with Gasteiger partial charge in [0.2, 0.25) is 5.91 Å². The molecule has 3 amide bonds. The third-order valence-electron chi connectivity index (χ3n) is 3.30. The highest BCUT2D eigenvalue weighted by Crippen LogP contribution is 2.26. The Morgan fingerprint density at radius 2 is 1.45 bits per heavy atom. The van der Waals surface area contributed by atoms with Crippen LogP contribution in [0.4, 0.5) is 4.79 Å². The van der Waals surface area contributed by atoms with Crippen LogP contribution in [-0.2, 0) is 14.3 Å². The topological polar surface area (TPSA) is 115 Å². The van der Waals surface area contributed by atoms with Crippen molar-refractivity contribution < 1.29 is 28.6 Å². The molecule has 0 spiro atoms. The van der Waals surface area contributed by atoms with Crippen molar-refractivity contribution in [3.05, 3.63) is 24.3 Å². The van der Waals surface area contributed by atoms with E-state index in [2.05, 4.69) is 16.0 Å². The van der Waals surface area contributed by atoms with E-state index in [0.717, 1.165) is 0 Å². The van der Waals surface area contributed by atoms with E-state index in [4.69, 9.17) is 14.2 Å². The van der Waals surface area contributed by atoms with Gasteiger partial charge in [-0.2, -0.15) is 0 Å². The van der Waals surface area contributed by atoms with Gasteiger partial charge >= 0.3 is 6.09 Å². The van der Waals surface area contributed by atoms with Crippen LogP contribution in [0.3, 0.4) is 0 Å². The number of alkyl carbamates (subject to hydrolysis) is 1. The summed E-state index contributed by atoms with van der Waals surface area (Å²) in [6, 6.07) is 7.11. The fourth-order valence-corrected chi connectivity index (χ4v) is 2.12. The number of carbonyl (C=O) groups is 3. The van der Waals surface area contributed by atoms with E-state index < -0.39 is 11.7 Å². The summed E-state index contributed by atoms with van der Waals surface area (Å²) in [4.78, 5) is 35.0. The molecule has 9 nitrogen and oxygen atoms in total.